The molecule has 0 bridgehead atoms. The van der Waals surface area contributed by atoms with Gasteiger partial charge in [0.05, 0.1) is 6.10 Å². The monoisotopic (exact) mass is 356 g/mol. The van der Waals surface area contributed by atoms with Crippen molar-refractivity contribution in [2.75, 3.05) is 19.8 Å². The maximum atomic E-state index is 11.5. The van der Waals surface area contributed by atoms with Crippen molar-refractivity contribution in [3.8, 4) is 0 Å². The average Bonchev–Trinajstić information content (AvgIpc) is 2.56. The van der Waals surface area contributed by atoms with Gasteiger partial charge in [-0.3, -0.25) is 9.59 Å². The van der Waals surface area contributed by atoms with E-state index in [4.69, 9.17) is 9.47 Å². The molecule has 0 aliphatic rings. The Balaban J connectivity index is 3.19. The number of Topliss-reactive ketones (excluding diaryl/α,β-unsaturated/α-hetero) is 2. The molecule has 0 atom stereocenters. The van der Waals surface area contributed by atoms with E-state index in [2.05, 4.69) is 0 Å². The Hall–Kier alpha value is -0.740. The van der Waals surface area contributed by atoms with Crippen LogP contribution in [0.5, 0.6) is 0 Å². The third-order valence-corrected chi connectivity index (χ3v) is 4.18. The maximum Gasteiger partial charge on any atom is 0.158 e. The number of hydrogen-bond acceptors (Lipinski definition) is 4. The van der Waals surface area contributed by atoms with E-state index in [0.29, 0.717) is 12.2 Å². The van der Waals surface area contributed by atoms with Crippen LogP contribution in [0, 0.1) is 5.92 Å². The Morgan fingerprint density at radius 2 is 1.24 bits per heavy atom. The van der Waals surface area contributed by atoms with Crippen LogP contribution in [0.3, 0.4) is 0 Å². The molecule has 0 aromatic rings. The minimum Gasteiger partial charge on any atom is -0.381 e. The fourth-order valence-corrected chi connectivity index (χ4v) is 2.46. The zero-order valence-electron chi connectivity index (χ0n) is 17.0. The van der Waals surface area contributed by atoms with Gasteiger partial charge in [-0.05, 0) is 39.5 Å². The topological polar surface area (TPSA) is 52.6 Å². The first-order valence-corrected chi connectivity index (χ1v) is 10.2. The van der Waals surface area contributed by atoms with E-state index in [0.717, 1.165) is 71.0 Å². The SMILES string of the molecule is CC(C)OCC(=O)CCCCCCOCCCCCCC(=O)C(C)C. The van der Waals surface area contributed by atoms with Gasteiger partial charge in [0.1, 0.15) is 12.4 Å². The number of hydrogen-bond donors (Lipinski definition) is 0. The molecule has 0 unspecified atom stereocenters. The summed E-state index contributed by atoms with van der Waals surface area (Å²) in [5.41, 5.74) is 0. The molecule has 4 nitrogen and oxygen atoms in total. The van der Waals surface area contributed by atoms with Crippen LogP contribution in [0.1, 0.15) is 91.9 Å². The van der Waals surface area contributed by atoms with Gasteiger partial charge in [0.25, 0.3) is 0 Å². The summed E-state index contributed by atoms with van der Waals surface area (Å²) in [5, 5.41) is 0. The highest BCUT2D eigenvalue weighted by molar-refractivity contribution is 5.80. The molecule has 0 heterocycles. The number of carbonyl (C=O) groups excluding carboxylic acids is 2. The fourth-order valence-electron chi connectivity index (χ4n) is 2.46. The summed E-state index contributed by atoms with van der Waals surface area (Å²) in [6.45, 7) is 9.72. The first-order valence-electron chi connectivity index (χ1n) is 10.2. The van der Waals surface area contributed by atoms with Crippen LogP contribution in [0.25, 0.3) is 0 Å². The molecule has 0 N–H and O–H groups in total. The van der Waals surface area contributed by atoms with Crippen molar-refractivity contribution in [3.63, 3.8) is 0 Å². The molecular formula is C21H40O4. The summed E-state index contributed by atoms with van der Waals surface area (Å²) in [4.78, 5) is 23.0. The smallest absolute Gasteiger partial charge is 0.158 e. The van der Waals surface area contributed by atoms with Gasteiger partial charge >= 0.3 is 0 Å². The molecule has 4 heteroatoms. The molecule has 0 aromatic carbocycles. The van der Waals surface area contributed by atoms with Crippen molar-refractivity contribution in [2.24, 2.45) is 5.92 Å². The Labute approximate surface area is 155 Å². The minimum absolute atomic E-state index is 0.128. The normalized spacial score (nSPS) is 11.4. The van der Waals surface area contributed by atoms with Crippen LogP contribution >= 0.6 is 0 Å². The first kappa shape index (κ1) is 24.3. The molecule has 0 spiro atoms. The van der Waals surface area contributed by atoms with Crippen molar-refractivity contribution < 1.29 is 19.1 Å². The number of rotatable bonds is 18. The third-order valence-electron chi connectivity index (χ3n) is 4.18. The second-order valence-corrected chi connectivity index (χ2v) is 7.46. The summed E-state index contributed by atoms with van der Waals surface area (Å²) in [6, 6.07) is 0. The number of ketones is 2. The zero-order valence-corrected chi connectivity index (χ0v) is 17.0. The summed E-state index contributed by atoms with van der Waals surface area (Å²) >= 11 is 0. The molecule has 0 rings (SSSR count). The Morgan fingerprint density at radius 1 is 0.720 bits per heavy atom. The summed E-state index contributed by atoms with van der Waals surface area (Å²) < 4.78 is 10.9. The molecule has 0 saturated carbocycles. The van der Waals surface area contributed by atoms with E-state index in [-0.39, 0.29) is 24.4 Å². The molecule has 0 fully saturated rings. The van der Waals surface area contributed by atoms with Crippen molar-refractivity contribution >= 4 is 11.6 Å². The van der Waals surface area contributed by atoms with E-state index < -0.39 is 0 Å². The molecule has 0 aromatic heterocycles. The van der Waals surface area contributed by atoms with Crippen molar-refractivity contribution in [1.29, 1.82) is 0 Å². The van der Waals surface area contributed by atoms with E-state index in [1.54, 1.807) is 0 Å². The number of unbranched alkanes of at least 4 members (excludes halogenated alkanes) is 6. The molecular weight excluding hydrogens is 316 g/mol. The molecule has 0 radical (unpaired) electrons. The van der Waals surface area contributed by atoms with Crippen LogP contribution in [0.15, 0.2) is 0 Å². The van der Waals surface area contributed by atoms with E-state index in [1.807, 2.05) is 27.7 Å². The largest absolute Gasteiger partial charge is 0.381 e. The fraction of sp³-hybridized carbons (Fsp3) is 0.905. The van der Waals surface area contributed by atoms with Gasteiger partial charge in [0, 0.05) is 32.0 Å². The number of ether oxygens (including phenoxy) is 2. The highest BCUT2D eigenvalue weighted by Gasteiger charge is 2.06. The lowest BCUT2D eigenvalue weighted by Crippen LogP contribution is -2.12. The molecule has 0 amide bonds. The zero-order chi connectivity index (χ0) is 18.9. The molecule has 148 valence electrons. The van der Waals surface area contributed by atoms with Gasteiger partial charge in [-0.15, -0.1) is 0 Å². The highest BCUT2D eigenvalue weighted by atomic mass is 16.5. The third kappa shape index (κ3) is 17.9. The van der Waals surface area contributed by atoms with Crippen molar-refractivity contribution in [2.45, 2.75) is 98.0 Å². The van der Waals surface area contributed by atoms with Gasteiger partial charge in [-0.25, -0.2) is 0 Å². The lowest BCUT2D eigenvalue weighted by atomic mass is 10.0. The first-order chi connectivity index (χ1) is 11.9. The van der Waals surface area contributed by atoms with Crippen molar-refractivity contribution in [3.05, 3.63) is 0 Å². The summed E-state index contributed by atoms with van der Waals surface area (Å²) in [5.74, 6) is 0.764. The second-order valence-electron chi connectivity index (χ2n) is 7.46. The Bertz CT molecular complexity index is 337. The average molecular weight is 357 g/mol. The second kappa shape index (κ2) is 16.7. The molecule has 25 heavy (non-hydrogen) atoms. The Kier molecular flexibility index (Phi) is 16.2. The van der Waals surface area contributed by atoms with Crippen LogP contribution in [0.2, 0.25) is 0 Å². The molecule has 0 saturated heterocycles. The van der Waals surface area contributed by atoms with Gasteiger partial charge < -0.3 is 9.47 Å². The van der Waals surface area contributed by atoms with E-state index >= 15 is 0 Å². The van der Waals surface area contributed by atoms with Crippen LogP contribution in [0.4, 0.5) is 0 Å². The van der Waals surface area contributed by atoms with Crippen molar-refractivity contribution in [1.82, 2.24) is 0 Å². The highest BCUT2D eigenvalue weighted by Crippen LogP contribution is 2.08. The minimum atomic E-state index is 0.128. The van der Waals surface area contributed by atoms with Crippen LogP contribution < -0.4 is 0 Å². The summed E-state index contributed by atoms with van der Waals surface area (Å²) in [6.07, 6.45) is 10.1. The molecule has 0 aliphatic carbocycles. The summed E-state index contributed by atoms with van der Waals surface area (Å²) in [7, 11) is 0. The van der Waals surface area contributed by atoms with Gasteiger partial charge in [0.2, 0.25) is 0 Å². The van der Waals surface area contributed by atoms with Crippen LogP contribution in [-0.4, -0.2) is 37.5 Å². The maximum absolute atomic E-state index is 11.5. The van der Waals surface area contributed by atoms with E-state index in [1.165, 1.54) is 0 Å². The lowest BCUT2D eigenvalue weighted by Gasteiger charge is -2.07. The van der Waals surface area contributed by atoms with Gasteiger partial charge in [0.15, 0.2) is 5.78 Å². The predicted molar refractivity (Wildman–Crippen MR) is 103 cm³/mol. The quantitative estimate of drug-likeness (QED) is 0.320. The Morgan fingerprint density at radius 3 is 1.76 bits per heavy atom. The molecule has 0 aliphatic heterocycles. The number of carbonyl (C=O) groups is 2. The van der Waals surface area contributed by atoms with Gasteiger partial charge in [-0.2, -0.15) is 0 Å². The van der Waals surface area contributed by atoms with Gasteiger partial charge in [-0.1, -0.05) is 39.5 Å². The lowest BCUT2D eigenvalue weighted by molar-refractivity contribution is -0.125. The van der Waals surface area contributed by atoms with E-state index in [9.17, 15) is 9.59 Å². The predicted octanol–water partition coefficient (Wildman–Crippen LogP) is 5.12. The standard InChI is InChI=1S/C21H40O4/c1-18(2)21(23)14-10-6-8-12-16-24-15-11-7-5-9-13-20(22)17-25-19(3)4/h18-19H,5-17H2,1-4H3. The van der Waals surface area contributed by atoms with Crippen LogP contribution in [-0.2, 0) is 19.1 Å².